The van der Waals surface area contributed by atoms with Gasteiger partial charge in [-0.05, 0) is 18.9 Å². The van der Waals surface area contributed by atoms with Gasteiger partial charge in [0.1, 0.15) is 0 Å². The zero-order valence-electron chi connectivity index (χ0n) is 10.3. The summed E-state index contributed by atoms with van der Waals surface area (Å²) in [6, 6.07) is 0. The van der Waals surface area contributed by atoms with E-state index in [2.05, 4.69) is 39.7 Å². The van der Waals surface area contributed by atoms with Crippen molar-refractivity contribution in [1.29, 1.82) is 0 Å². The van der Waals surface area contributed by atoms with Gasteiger partial charge < -0.3 is 5.73 Å². The fraction of sp³-hybridized carbons (Fsp3) is 0.692. The Kier molecular flexibility index (Phi) is 11.9. The molecule has 1 nitrogen and oxygen atoms in total. The number of rotatable bonds is 2. The lowest BCUT2D eigenvalue weighted by molar-refractivity contribution is 0.346. The van der Waals surface area contributed by atoms with Gasteiger partial charge in [-0.2, -0.15) is 0 Å². The van der Waals surface area contributed by atoms with E-state index in [1.54, 1.807) is 6.08 Å². The molecule has 0 amide bonds. The molecular weight excluding hydrogens is 170 g/mol. The highest BCUT2D eigenvalue weighted by atomic mass is 14.4. The van der Waals surface area contributed by atoms with E-state index in [1.807, 2.05) is 0 Å². The van der Waals surface area contributed by atoms with Crippen molar-refractivity contribution in [3.63, 3.8) is 0 Å². The zero-order valence-corrected chi connectivity index (χ0v) is 10.3. The first-order valence-corrected chi connectivity index (χ1v) is 5.47. The lowest BCUT2D eigenvalue weighted by Crippen LogP contribution is -2.04. The third kappa shape index (κ3) is 9.53. The van der Waals surface area contributed by atoms with E-state index in [-0.39, 0.29) is 0 Å². The molecule has 0 aromatic heterocycles. The highest BCUT2D eigenvalue weighted by molar-refractivity contribution is 5.12. The third-order valence-electron chi connectivity index (χ3n) is 2.40. The summed E-state index contributed by atoms with van der Waals surface area (Å²) in [6.07, 6.45) is 6.26. The van der Waals surface area contributed by atoms with Crippen LogP contribution in [0.5, 0.6) is 0 Å². The van der Waals surface area contributed by atoms with Gasteiger partial charge in [0.2, 0.25) is 0 Å². The predicted molar refractivity (Wildman–Crippen MR) is 67.3 cm³/mol. The maximum atomic E-state index is 4.50. The monoisotopic (exact) mass is 197 g/mol. The van der Waals surface area contributed by atoms with Crippen LogP contribution in [-0.4, -0.2) is 7.05 Å². The number of hydrogen-bond acceptors (Lipinski definition) is 1. The van der Waals surface area contributed by atoms with Crippen LogP contribution in [0, 0.1) is 11.8 Å². The van der Waals surface area contributed by atoms with Crippen molar-refractivity contribution in [3.05, 3.63) is 24.8 Å². The Bertz CT molecular complexity index is 143. The smallest absolute Gasteiger partial charge is 0.0195 e. The Morgan fingerprint density at radius 1 is 1.36 bits per heavy atom. The second-order valence-electron chi connectivity index (χ2n) is 3.97. The molecule has 0 aromatic carbocycles. The summed E-state index contributed by atoms with van der Waals surface area (Å²) < 4.78 is 0. The Hall–Kier alpha value is -0.560. The van der Waals surface area contributed by atoms with E-state index in [9.17, 15) is 0 Å². The van der Waals surface area contributed by atoms with Gasteiger partial charge in [0.05, 0.1) is 0 Å². The minimum Gasteiger partial charge on any atom is -0.333 e. The minimum atomic E-state index is 0.553. The van der Waals surface area contributed by atoms with E-state index in [0.717, 1.165) is 11.5 Å². The molecular formula is C13H27N. The summed E-state index contributed by atoms with van der Waals surface area (Å²) in [4.78, 5) is 0. The Morgan fingerprint density at radius 3 is 1.71 bits per heavy atom. The van der Waals surface area contributed by atoms with Gasteiger partial charge in [0.15, 0.2) is 0 Å². The Morgan fingerprint density at radius 2 is 1.71 bits per heavy atom. The van der Waals surface area contributed by atoms with Crippen molar-refractivity contribution in [3.8, 4) is 0 Å². The molecule has 14 heavy (non-hydrogen) atoms. The fourth-order valence-electron chi connectivity index (χ4n) is 0.848. The van der Waals surface area contributed by atoms with Crippen molar-refractivity contribution in [2.24, 2.45) is 17.6 Å². The highest BCUT2D eigenvalue weighted by Crippen LogP contribution is 2.24. The molecule has 1 aliphatic rings. The molecule has 0 unspecified atom stereocenters. The van der Waals surface area contributed by atoms with Crippen LogP contribution in [0.25, 0.3) is 0 Å². The molecule has 1 aliphatic carbocycles. The lowest BCUT2D eigenvalue weighted by Gasteiger charge is -2.18. The van der Waals surface area contributed by atoms with Gasteiger partial charge in [0.25, 0.3) is 0 Å². The molecule has 0 atom stereocenters. The van der Waals surface area contributed by atoms with Crippen LogP contribution in [0.1, 0.15) is 40.0 Å². The van der Waals surface area contributed by atoms with Crippen LogP contribution in [0.2, 0.25) is 0 Å². The molecule has 2 N–H and O–H groups in total. The summed E-state index contributed by atoms with van der Waals surface area (Å²) in [5.74, 6) is 1.62. The Balaban J connectivity index is 0. The first kappa shape index (κ1) is 15.9. The van der Waals surface area contributed by atoms with Crippen LogP contribution in [0.4, 0.5) is 0 Å². The second-order valence-corrected chi connectivity index (χ2v) is 3.97. The molecule has 0 aliphatic heterocycles. The minimum absolute atomic E-state index is 0.553. The topological polar surface area (TPSA) is 26.0 Å². The van der Waals surface area contributed by atoms with Gasteiger partial charge in [-0.1, -0.05) is 64.8 Å². The van der Waals surface area contributed by atoms with Gasteiger partial charge in [-0.15, -0.1) is 0 Å². The van der Waals surface area contributed by atoms with Gasteiger partial charge in [-0.25, -0.2) is 0 Å². The molecule has 1 rings (SSSR count). The summed E-state index contributed by atoms with van der Waals surface area (Å²) in [7, 11) is 1.50. The number of nitrogens with two attached hydrogens (primary N) is 1. The average molecular weight is 197 g/mol. The van der Waals surface area contributed by atoms with E-state index < -0.39 is 0 Å². The second kappa shape index (κ2) is 10.5. The van der Waals surface area contributed by atoms with Crippen molar-refractivity contribution < 1.29 is 0 Å². The summed E-state index contributed by atoms with van der Waals surface area (Å²) in [5, 5.41) is 0. The summed E-state index contributed by atoms with van der Waals surface area (Å²) >= 11 is 0. The molecule has 0 saturated heterocycles. The van der Waals surface area contributed by atoms with Crippen LogP contribution in [0.3, 0.4) is 0 Å². The van der Waals surface area contributed by atoms with Crippen molar-refractivity contribution >= 4 is 0 Å². The molecule has 0 heterocycles. The van der Waals surface area contributed by atoms with Crippen molar-refractivity contribution in [2.75, 3.05) is 7.05 Å². The maximum absolute atomic E-state index is 4.50. The molecule has 1 saturated carbocycles. The number of hydrogen-bond donors (Lipinski definition) is 1. The standard InChI is InChI=1S/C7H12.C5H10.CH5N/c1-5-7(4)6(2)3;1-5-3-2-4-5;1-2/h5-6H,1,4H2,2-3H3;5H,2-4H2,1H3;2H2,1H3. The van der Waals surface area contributed by atoms with Gasteiger partial charge in [0, 0.05) is 0 Å². The third-order valence-corrected chi connectivity index (χ3v) is 2.40. The van der Waals surface area contributed by atoms with E-state index in [0.29, 0.717) is 5.92 Å². The quantitative estimate of drug-likeness (QED) is 0.670. The molecule has 0 spiro atoms. The van der Waals surface area contributed by atoms with Gasteiger partial charge >= 0.3 is 0 Å². The fourth-order valence-corrected chi connectivity index (χ4v) is 0.848. The summed E-state index contributed by atoms with van der Waals surface area (Å²) in [6.45, 7) is 13.8. The van der Waals surface area contributed by atoms with Crippen LogP contribution >= 0.6 is 0 Å². The first-order chi connectivity index (χ1) is 6.57. The number of allylic oxidation sites excluding steroid dienone is 2. The average Bonchev–Trinajstić information content (AvgIpc) is 2.17. The largest absolute Gasteiger partial charge is 0.333 e. The maximum Gasteiger partial charge on any atom is -0.0195 e. The molecule has 0 radical (unpaired) electrons. The predicted octanol–water partition coefficient (Wildman–Crippen LogP) is 3.77. The highest BCUT2D eigenvalue weighted by Gasteiger charge is 2.09. The SMILES string of the molecule is C=CC(=C)C(C)C.CC1CCC1.CN. The molecule has 0 bridgehead atoms. The lowest BCUT2D eigenvalue weighted by atomic mass is 9.88. The first-order valence-electron chi connectivity index (χ1n) is 5.47. The van der Waals surface area contributed by atoms with Crippen LogP contribution in [-0.2, 0) is 0 Å². The van der Waals surface area contributed by atoms with Crippen LogP contribution < -0.4 is 5.73 Å². The van der Waals surface area contributed by atoms with Crippen LogP contribution in [0.15, 0.2) is 24.8 Å². The van der Waals surface area contributed by atoms with E-state index in [1.165, 1.54) is 26.3 Å². The van der Waals surface area contributed by atoms with Crippen molar-refractivity contribution in [2.45, 2.75) is 40.0 Å². The van der Waals surface area contributed by atoms with E-state index in [4.69, 9.17) is 0 Å². The molecule has 1 fully saturated rings. The normalized spacial score (nSPS) is 14.1. The van der Waals surface area contributed by atoms with Crippen molar-refractivity contribution in [1.82, 2.24) is 0 Å². The summed E-state index contributed by atoms with van der Waals surface area (Å²) in [5.41, 5.74) is 5.61. The van der Waals surface area contributed by atoms with E-state index >= 15 is 0 Å². The van der Waals surface area contributed by atoms with Gasteiger partial charge in [-0.3, -0.25) is 0 Å². The molecule has 84 valence electrons. The zero-order chi connectivity index (χ0) is 11.6. The molecule has 1 heteroatoms. The Labute approximate surface area is 90.1 Å². The molecule has 0 aromatic rings.